The van der Waals surface area contributed by atoms with Gasteiger partial charge in [0.05, 0.1) is 12.1 Å². The lowest BCUT2D eigenvalue weighted by Crippen LogP contribution is -2.24. The zero-order chi connectivity index (χ0) is 16.1. The largest absolute Gasteiger partial charge is 0.464 e. The molecule has 1 N–H and O–H groups in total. The van der Waals surface area contributed by atoms with Crippen molar-refractivity contribution in [2.45, 2.75) is 6.54 Å². The van der Waals surface area contributed by atoms with Gasteiger partial charge in [0.15, 0.2) is 5.69 Å². The summed E-state index contributed by atoms with van der Waals surface area (Å²) in [5.41, 5.74) is 0.623. The number of halogens is 2. The van der Waals surface area contributed by atoms with Gasteiger partial charge >= 0.3 is 5.97 Å². The number of methoxy groups -OCH3 is 1. The van der Waals surface area contributed by atoms with Crippen molar-refractivity contribution >= 4 is 23.5 Å². The first-order valence-electron chi connectivity index (χ1n) is 6.13. The quantitative estimate of drug-likeness (QED) is 0.870. The molecule has 0 bridgehead atoms. The van der Waals surface area contributed by atoms with Crippen LogP contribution in [0.2, 0.25) is 5.02 Å². The molecule has 0 saturated carbocycles. The first kappa shape index (κ1) is 15.8. The lowest BCUT2D eigenvalue weighted by molar-refractivity contribution is 0.0593. The third-order valence-corrected chi connectivity index (χ3v) is 3.02. The SMILES string of the molecule is COC(=O)c1cc(C(=O)NCc2ccc(F)c(Cl)c2)ncn1. The van der Waals surface area contributed by atoms with Gasteiger partial charge in [-0.2, -0.15) is 0 Å². The molecule has 0 aliphatic rings. The fourth-order valence-electron chi connectivity index (χ4n) is 1.62. The van der Waals surface area contributed by atoms with Gasteiger partial charge in [0.2, 0.25) is 0 Å². The van der Waals surface area contributed by atoms with Gasteiger partial charge in [-0.25, -0.2) is 19.2 Å². The number of nitrogens with zero attached hydrogens (tertiary/aromatic N) is 2. The molecule has 0 fully saturated rings. The molecule has 0 aliphatic carbocycles. The van der Waals surface area contributed by atoms with E-state index in [2.05, 4.69) is 20.0 Å². The average molecular weight is 324 g/mol. The van der Waals surface area contributed by atoms with Crippen LogP contribution in [0.3, 0.4) is 0 Å². The zero-order valence-electron chi connectivity index (χ0n) is 11.5. The number of rotatable bonds is 4. The standard InChI is InChI=1S/C14H11ClFN3O3/c1-22-14(21)12-5-11(18-7-19-12)13(20)17-6-8-2-3-10(16)9(15)4-8/h2-5,7H,6H2,1H3,(H,17,20). The van der Waals surface area contributed by atoms with Crippen LogP contribution in [0.4, 0.5) is 4.39 Å². The van der Waals surface area contributed by atoms with Crippen molar-refractivity contribution in [3.63, 3.8) is 0 Å². The highest BCUT2D eigenvalue weighted by molar-refractivity contribution is 6.30. The van der Waals surface area contributed by atoms with Gasteiger partial charge in [-0.15, -0.1) is 0 Å². The Morgan fingerprint density at radius 2 is 2.00 bits per heavy atom. The van der Waals surface area contributed by atoms with Crippen molar-refractivity contribution in [1.82, 2.24) is 15.3 Å². The molecule has 1 amide bonds. The molecule has 0 spiro atoms. The molecule has 8 heteroatoms. The average Bonchev–Trinajstić information content (AvgIpc) is 2.55. The number of ether oxygens (including phenoxy) is 1. The number of carbonyl (C=O) groups is 2. The van der Waals surface area contributed by atoms with Crippen molar-refractivity contribution in [2.24, 2.45) is 0 Å². The predicted molar refractivity (Wildman–Crippen MR) is 76.0 cm³/mol. The predicted octanol–water partition coefficient (Wildman–Crippen LogP) is 1.99. The summed E-state index contributed by atoms with van der Waals surface area (Å²) in [5.74, 6) is -1.70. The smallest absolute Gasteiger partial charge is 0.356 e. The van der Waals surface area contributed by atoms with Gasteiger partial charge in [-0.05, 0) is 17.7 Å². The highest BCUT2D eigenvalue weighted by Crippen LogP contribution is 2.15. The molecule has 0 saturated heterocycles. The highest BCUT2D eigenvalue weighted by atomic mass is 35.5. The van der Waals surface area contributed by atoms with Gasteiger partial charge in [-0.1, -0.05) is 17.7 Å². The summed E-state index contributed by atoms with van der Waals surface area (Å²) in [6, 6.07) is 5.35. The van der Waals surface area contributed by atoms with Crippen LogP contribution in [-0.4, -0.2) is 29.0 Å². The van der Waals surface area contributed by atoms with Crippen LogP contribution < -0.4 is 5.32 Å². The maximum atomic E-state index is 13.0. The van der Waals surface area contributed by atoms with Crippen LogP contribution >= 0.6 is 11.6 Å². The van der Waals surface area contributed by atoms with E-state index in [-0.39, 0.29) is 23.0 Å². The molecule has 1 aromatic heterocycles. The molecule has 1 heterocycles. The minimum atomic E-state index is -0.665. The molecule has 2 rings (SSSR count). The minimum Gasteiger partial charge on any atom is -0.464 e. The van der Waals surface area contributed by atoms with E-state index < -0.39 is 17.7 Å². The van der Waals surface area contributed by atoms with E-state index in [1.165, 1.54) is 31.4 Å². The third-order valence-electron chi connectivity index (χ3n) is 2.73. The molecule has 0 unspecified atom stereocenters. The van der Waals surface area contributed by atoms with Crippen molar-refractivity contribution in [2.75, 3.05) is 7.11 Å². The molecular formula is C14H11ClFN3O3. The van der Waals surface area contributed by atoms with E-state index in [9.17, 15) is 14.0 Å². The van der Waals surface area contributed by atoms with Gasteiger partial charge in [-0.3, -0.25) is 4.79 Å². The maximum Gasteiger partial charge on any atom is 0.356 e. The van der Waals surface area contributed by atoms with Crippen LogP contribution in [0.25, 0.3) is 0 Å². The Labute approximate surface area is 130 Å². The molecule has 1 aromatic carbocycles. The number of benzene rings is 1. The van der Waals surface area contributed by atoms with E-state index in [0.717, 1.165) is 6.33 Å². The molecular weight excluding hydrogens is 313 g/mol. The lowest BCUT2D eigenvalue weighted by atomic mass is 10.2. The van der Waals surface area contributed by atoms with E-state index in [4.69, 9.17) is 11.6 Å². The molecule has 0 aliphatic heterocycles. The number of aromatic nitrogens is 2. The lowest BCUT2D eigenvalue weighted by Gasteiger charge is -2.06. The number of carbonyl (C=O) groups excluding carboxylic acids is 2. The molecule has 114 valence electrons. The number of amides is 1. The van der Waals surface area contributed by atoms with E-state index >= 15 is 0 Å². The zero-order valence-corrected chi connectivity index (χ0v) is 12.2. The molecule has 0 atom stereocenters. The second-order valence-corrected chi connectivity index (χ2v) is 4.62. The van der Waals surface area contributed by atoms with Crippen molar-refractivity contribution in [1.29, 1.82) is 0 Å². The van der Waals surface area contributed by atoms with Crippen LogP contribution in [0.5, 0.6) is 0 Å². The summed E-state index contributed by atoms with van der Waals surface area (Å²) in [5, 5.41) is 2.56. The Balaban J connectivity index is 2.06. The van der Waals surface area contributed by atoms with E-state index in [0.29, 0.717) is 5.56 Å². The molecule has 2 aromatic rings. The Hall–Kier alpha value is -2.54. The Morgan fingerprint density at radius 1 is 1.27 bits per heavy atom. The Bertz CT molecular complexity index is 724. The monoisotopic (exact) mass is 323 g/mol. The topological polar surface area (TPSA) is 81.2 Å². The highest BCUT2D eigenvalue weighted by Gasteiger charge is 2.13. The fraction of sp³-hybridized carbons (Fsp3) is 0.143. The summed E-state index contributed by atoms with van der Waals surface area (Å²) in [6.45, 7) is 0.135. The van der Waals surface area contributed by atoms with Crippen molar-refractivity contribution in [3.05, 3.63) is 58.4 Å². The van der Waals surface area contributed by atoms with Gasteiger partial charge in [0, 0.05) is 12.6 Å². The first-order valence-corrected chi connectivity index (χ1v) is 6.51. The van der Waals surface area contributed by atoms with E-state index in [1.807, 2.05) is 0 Å². The van der Waals surface area contributed by atoms with Crippen molar-refractivity contribution in [3.8, 4) is 0 Å². The first-order chi connectivity index (χ1) is 10.5. The molecule has 22 heavy (non-hydrogen) atoms. The van der Waals surface area contributed by atoms with E-state index in [1.54, 1.807) is 0 Å². The minimum absolute atomic E-state index is 0.0172. The number of nitrogens with one attached hydrogen (secondary N) is 1. The molecule has 6 nitrogen and oxygen atoms in total. The second-order valence-electron chi connectivity index (χ2n) is 4.21. The summed E-state index contributed by atoms with van der Waals surface area (Å²) in [6.07, 6.45) is 1.09. The summed E-state index contributed by atoms with van der Waals surface area (Å²) >= 11 is 5.66. The number of esters is 1. The number of hydrogen-bond acceptors (Lipinski definition) is 5. The fourth-order valence-corrected chi connectivity index (χ4v) is 1.82. The third kappa shape index (κ3) is 3.76. The second kappa shape index (κ2) is 6.95. The Kier molecular flexibility index (Phi) is 5.00. The van der Waals surface area contributed by atoms with Crippen LogP contribution in [0.1, 0.15) is 26.5 Å². The van der Waals surface area contributed by atoms with Crippen LogP contribution in [-0.2, 0) is 11.3 Å². The van der Waals surface area contributed by atoms with Gasteiger partial charge in [0.25, 0.3) is 5.91 Å². The number of hydrogen-bond donors (Lipinski definition) is 1. The Morgan fingerprint density at radius 3 is 2.68 bits per heavy atom. The van der Waals surface area contributed by atoms with Crippen LogP contribution in [0.15, 0.2) is 30.6 Å². The summed E-state index contributed by atoms with van der Waals surface area (Å²) in [4.78, 5) is 30.8. The van der Waals surface area contributed by atoms with Gasteiger partial charge < -0.3 is 10.1 Å². The van der Waals surface area contributed by atoms with Crippen LogP contribution in [0, 0.1) is 5.82 Å². The summed E-state index contributed by atoms with van der Waals surface area (Å²) in [7, 11) is 1.21. The summed E-state index contributed by atoms with van der Waals surface area (Å²) < 4.78 is 17.5. The molecule has 0 radical (unpaired) electrons. The maximum absolute atomic E-state index is 13.0. The van der Waals surface area contributed by atoms with Crippen molar-refractivity contribution < 1.29 is 18.7 Å². The van der Waals surface area contributed by atoms with Gasteiger partial charge in [0.1, 0.15) is 17.8 Å². The normalized spacial score (nSPS) is 10.1.